The van der Waals surface area contributed by atoms with Crippen LogP contribution in [0.5, 0.6) is 5.75 Å². The first-order chi connectivity index (χ1) is 7.26. The number of benzene rings is 1. The van der Waals surface area contributed by atoms with Gasteiger partial charge in [0.1, 0.15) is 5.75 Å². The quantitative estimate of drug-likeness (QED) is 0.802. The molecule has 0 bridgehead atoms. The van der Waals surface area contributed by atoms with Crippen molar-refractivity contribution in [3.63, 3.8) is 0 Å². The summed E-state index contributed by atoms with van der Waals surface area (Å²) in [6, 6.07) is 6.10. The Labute approximate surface area is 90.2 Å². The third kappa shape index (κ3) is 1.85. The van der Waals surface area contributed by atoms with E-state index in [1.807, 2.05) is 6.07 Å². The summed E-state index contributed by atoms with van der Waals surface area (Å²) in [6.45, 7) is 3.36. The average Bonchev–Trinajstić information content (AvgIpc) is 2.28. The molecule has 3 heteroatoms. The molecule has 2 unspecified atom stereocenters. The van der Waals surface area contributed by atoms with Gasteiger partial charge < -0.3 is 15.2 Å². The average molecular weight is 207 g/mol. The van der Waals surface area contributed by atoms with Crippen molar-refractivity contribution in [1.82, 2.24) is 0 Å². The van der Waals surface area contributed by atoms with Gasteiger partial charge in [-0.25, -0.2) is 0 Å². The lowest BCUT2D eigenvalue weighted by molar-refractivity contribution is 0.0219. The Bertz CT molecular complexity index is 351. The summed E-state index contributed by atoms with van der Waals surface area (Å²) in [5, 5.41) is 0. The monoisotopic (exact) mass is 207 g/mol. The van der Waals surface area contributed by atoms with Gasteiger partial charge in [0.05, 0.1) is 19.8 Å². The van der Waals surface area contributed by atoms with Crippen LogP contribution in [-0.2, 0) is 11.3 Å². The molecule has 2 atom stereocenters. The normalized spacial score (nSPS) is 24.7. The Hall–Kier alpha value is -1.06. The highest BCUT2D eigenvalue weighted by molar-refractivity contribution is 5.39. The number of methoxy groups -OCH3 is 1. The summed E-state index contributed by atoms with van der Waals surface area (Å²) in [4.78, 5) is 0. The zero-order valence-electron chi connectivity index (χ0n) is 9.19. The van der Waals surface area contributed by atoms with E-state index in [0.717, 1.165) is 5.75 Å². The maximum atomic E-state index is 5.78. The third-order valence-corrected chi connectivity index (χ3v) is 3.07. The second kappa shape index (κ2) is 4.21. The molecule has 82 valence electrons. The molecule has 0 amide bonds. The Morgan fingerprint density at radius 3 is 3.00 bits per heavy atom. The van der Waals surface area contributed by atoms with Gasteiger partial charge in [-0.3, -0.25) is 0 Å². The molecular formula is C12H17NO2. The highest BCUT2D eigenvalue weighted by atomic mass is 16.5. The predicted octanol–water partition coefficient (Wildman–Crippen LogP) is 1.66. The van der Waals surface area contributed by atoms with Crippen molar-refractivity contribution >= 4 is 0 Å². The van der Waals surface area contributed by atoms with Crippen molar-refractivity contribution in [2.75, 3.05) is 13.7 Å². The Morgan fingerprint density at radius 1 is 1.53 bits per heavy atom. The number of rotatable bonds is 2. The van der Waals surface area contributed by atoms with Gasteiger partial charge in [-0.1, -0.05) is 6.07 Å². The van der Waals surface area contributed by atoms with E-state index >= 15 is 0 Å². The van der Waals surface area contributed by atoms with Gasteiger partial charge >= 0.3 is 0 Å². The molecule has 1 aromatic rings. The van der Waals surface area contributed by atoms with Crippen molar-refractivity contribution < 1.29 is 9.47 Å². The van der Waals surface area contributed by atoms with Crippen molar-refractivity contribution in [3.05, 3.63) is 29.3 Å². The molecule has 0 spiro atoms. The molecule has 2 rings (SSSR count). The molecule has 15 heavy (non-hydrogen) atoms. The van der Waals surface area contributed by atoms with E-state index in [-0.39, 0.29) is 12.0 Å². The zero-order valence-corrected chi connectivity index (χ0v) is 9.19. The number of nitrogens with two attached hydrogens (primary N) is 1. The third-order valence-electron chi connectivity index (χ3n) is 3.07. The first-order valence-corrected chi connectivity index (χ1v) is 5.24. The fourth-order valence-corrected chi connectivity index (χ4v) is 2.09. The number of fused-ring (bicyclic) bond motifs is 1. The molecule has 2 N–H and O–H groups in total. The molecule has 3 nitrogen and oxygen atoms in total. The summed E-state index contributed by atoms with van der Waals surface area (Å²) >= 11 is 0. The smallest absolute Gasteiger partial charge is 0.119 e. The van der Waals surface area contributed by atoms with Crippen LogP contribution in [0.25, 0.3) is 0 Å². The van der Waals surface area contributed by atoms with Crippen LogP contribution in [0.2, 0.25) is 0 Å². The molecule has 0 saturated heterocycles. The number of ether oxygens (including phenoxy) is 2. The van der Waals surface area contributed by atoms with Gasteiger partial charge in [-0.15, -0.1) is 0 Å². The van der Waals surface area contributed by atoms with Crippen molar-refractivity contribution in [2.45, 2.75) is 25.6 Å². The van der Waals surface area contributed by atoms with Crippen LogP contribution in [0.3, 0.4) is 0 Å². The van der Waals surface area contributed by atoms with Crippen molar-refractivity contribution in [3.8, 4) is 5.75 Å². The van der Waals surface area contributed by atoms with Crippen LogP contribution in [0, 0.1) is 0 Å². The molecule has 1 aromatic carbocycles. The van der Waals surface area contributed by atoms with E-state index < -0.39 is 0 Å². The molecule has 1 aliphatic rings. The summed E-state index contributed by atoms with van der Waals surface area (Å²) < 4.78 is 10.9. The Balaban J connectivity index is 2.41. The Morgan fingerprint density at radius 2 is 2.33 bits per heavy atom. The van der Waals surface area contributed by atoms with Crippen LogP contribution >= 0.6 is 0 Å². The molecule has 0 saturated carbocycles. The second-order valence-corrected chi connectivity index (χ2v) is 3.92. The van der Waals surface area contributed by atoms with E-state index in [9.17, 15) is 0 Å². The van der Waals surface area contributed by atoms with Crippen molar-refractivity contribution in [2.24, 2.45) is 5.73 Å². The molecule has 1 heterocycles. The first-order valence-electron chi connectivity index (χ1n) is 5.24. The van der Waals surface area contributed by atoms with E-state index in [0.29, 0.717) is 13.2 Å². The summed E-state index contributed by atoms with van der Waals surface area (Å²) in [6.07, 6.45) is 0.189. The maximum Gasteiger partial charge on any atom is 0.119 e. The van der Waals surface area contributed by atoms with E-state index in [1.54, 1.807) is 7.11 Å². The lowest BCUT2D eigenvalue weighted by Crippen LogP contribution is -2.30. The largest absolute Gasteiger partial charge is 0.497 e. The van der Waals surface area contributed by atoms with E-state index in [1.165, 1.54) is 11.1 Å². The van der Waals surface area contributed by atoms with Crippen LogP contribution in [0.4, 0.5) is 0 Å². The highest BCUT2D eigenvalue weighted by Crippen LogP contribution is 2.32. The molecule has 0 fully saturated rings. The summed E-state index contributed by atoms with van der Waals surface area (Å²) in [5.74, 6) is 1.17. The SMILES string of the molecule is COc1ccc2c(c1)C(CN)C(C)OC2. The van der Waals surface area contributed by atoms with Gasteiger partial charge in [0, 0.05) is 12.5 Å². The van der Waals surface area contributed by atoms with E-state index in [4.69, 9.17) is 15.2 Å². The molecular weight excluding hydrogens is 190 g/mol. The van der Waals surface area contributed by atoms with Gasteiger partial charge in [0.15, 0.2) is 0 Å². The molecule has 0 aromatic heterocycles. The van der Waals surface area contributed by atoms with E-state index in [2.05, 4.69) is 19.1 Å². The zero-order chi connectivity index (χ0) is 10.8. The lowest BCUT2D eigenvalue weighted by atomic mass is 9.88. The minimum Gasteiger partial charge on any atom is -0.497 e. The Kier molecular flexibility index (Phi) is 2.93. The lowest BCUT2D eigenvalue weighted by Gasteiger charge is -2.31. The molecule has 1 aliphatic heterocycles. The van der Waals surface area contributed by atoms with Gasteiger partial charge in [0.2, 0.25) is 0 Å². The van der Waals surface area contributed by atoms with Gasteiger partial charge in [-0.05, 0) is 30.2 Å². The van der Waals surface area contributed by atoms with Crippen LogP contribution in [0.1, 0.15) is 24.0 Å². The number of hydrogen-bond acceptors (Lipinski definition) is 3. The first kappa shape index (κ1) is 10.5. The second-order valence-electron chi connectivity index (χ2n) is 3.92. The standard InChI is InChI=1S/C12H17NO2/c1-8-12(6-13)11-5-10(14-2)4-3-9(11)7-15-8/h3-5,8,12H,6-7,13H2,1-2H3. The fraction of sp³-hybridized carbons (Fsp3) is 0.500. The number of hydrogen-bond donors (Lipinski definition) is 1. The van der Waals surface area contributed by atoms with Gasteiger partial charge in [-0.2, -0.15) is 0 Å². The summed E-state index contributed by atoms with van der Waals surface area (Å²) in [7, 11) is 1.68. The minimum atomic E-state index is 0.189. The van der Waals surface area contributed by atoms with Gasteiger partial charge in [0.25, 0.3) is 0 Å². The molecule has 0 radical (unpaired) electrons. The van der Waals surface area contributed by atoms with Crippen LogP contribution < -0.4 is 10.5 Å². The highest BCUT2D eigenvalue weighted by Gasteiger charge is 2.26. The van der Waals surface area contributed by atoms with Crippen LogP contribution in [-0.4, -0.2) is 19.8 Å². The van der Waals surface area contributed by atoms with Crippen molar-refractivity contribution in [1.29, 1.82) is 0 Å². The minimum absolute atomic E-state index is 0.189. The fourth-order valence-electron chi connectivity index (χ4n) is 2.09. The van der Waals surface area contributed by atoms with Crippen LogP contribution in [0.15, 0.2) is 18.2 Å². The predicted molar refractivity (Wildman–Crippen MR) is 59.0 cm³/mol. The summed E-state index contributed by atoms with van der Waals surface area (Å²) in [5.41, 5.74) is 8.28. The topological polar surface area (TPSA) is 44.5 Å². The molecule has 0 aliphatic carbocycles. The maximum absolute atomic E-state index is 5.78.